The van der Waals surface area contributed by atoms with Gasteiger partial charge in [-0.25, -0.2) is 0 Å². The number of halogens is 1. The third kappa shape index (κ3) is 5.84. The topological polar surface area (TPSA) is 70.6 Å². The van der Waals surface area contributed by atoms with Crippen molar-refractivity contribution in [3.8, 4) is 11.5 Å². The molecule has 2 rings (SSSR count). The van der Waals surface area contributed by atoms with E-state index in [-0.39, 0.29) is 27.9 Å². The highest BCUT2D eigenvalue weighted by Crippen LogP contribution is 2.37. The number of aryl methyl sites for hydroxylation is 2. The molecular formula is C21H25ClN2O3S. The minimum atomic E-state index is -0.409. The van der Waals surface area contributed by atoms with Crippen LogP contribution in [0, 0.1) is 13.8 Å². The molecule has 0 aromatic heterocycles. The Bertz CT molecular complexity index is 907. The summed E-state index contributed by atoms with van der Waals surface area (Å²) in [6.45, 7) is 9.90. The number of ether oxygens (including phenoxy) is 1. The summed E-state index contributed by atoms with van der Waals surface area (Å²) in [4.78, 5) is 12.1. The average Bonchev–Trinajstić information content (AvgIpc) is 2.58. The van der Waals surface area contributed by atoms with E-state index in [0.717, 1.165) is 16.7 Å². The Morgan fingerprint density at radius 2 is 1.86 bits per heavy atom. The molecule has 0 aliphatic carbocycles. The molecule has 0 heterocycles. The van der Waals surface area contributed by atoms with Crippen molar-refractivity contribution in [3.63, 3.8) is 0 Å². The van der Waals surface area contributed by atoms with Gasteiger partial charge >= 0.3 is 0 Å². The lowest BCUT2D eigenvalue weighted by Crippen LogP contribution is -2.37. The highest BCUT2D eigenvalue weighted by atomic mass is 35.5. The van der Waals surface area contributed by atoms with Crippen LogP contribution >= 0.6 is 23.8 Å². The number of hydrogen-bond acceptors (Lipinski definition) is 4. The van der Waals surface area contributed by atoms with Crippen molar-refractivity contribution >= 4 is 40.5 Å². The molecule has 0 radical (unpaired) electrons. The quantitative estimate of drug-likeness (QED) is 0.487. The first kappa shape index (κ1) is 22.0. The van der Waals surface area contributed by atoms with Crippen LogP contribution in [0.4, 0.5) is 5.69 Å². The van der Waals surface area contributed by atoms with Gasteiger partial charge in [-0.1, -0.05) is 38.4 Å². The molecule has 2 aromatic rings. The van der Waals surface area contributed by atoms with E-state index in [1.807, 2.05) is 52.8 Å². The molecule has 0 saturated carbocycles. The molecule has 2 aromatic carbocycles. The lowest BCUT2D eigenvalue weighted by molar-refractivity contribution is -0.121. The Balaban J connectivity index is 1.98. The van der Waals surface area contributed by atoms with E-state index in [4.69, 9.17) is 28.6 Å². The predicted octanol–water partition coefficient (Wildman–Crippen LogP) is 4.85. The molecule has 7 heteroatoms. The number of nitrogens with one attached hydrogen (secondary N) is 2. The van der Waals surface area contributed by atoms with Crippen LogP contribution in [0.15, 0.2) is 30.3 Å². The van der Waals surface area contributed by atoms with Crippen LogP contribution in [-0.4, -0.2) is 22.7 Å². The zero-order valence-electron chi connectivity index (χ0n) is 16.6. The second-order valence-electron chi connectivity index (χ2n) is 7.64. The predicted molar refractivity (Wildman–Crippen MR) is 118 cm³/mol. The third-order valence-electron chi connectivity index (χ3n) is 4.28. The Morgan fingerprint density at radius 1 is 1.18 bits per heavy atom. The minimum absolute atomic E-state index is 0.0473. The van der Waals surface area contributed by atoms with Gasteiger partial charge in [-0.15, -0.1) is 0 Å². The SMILES string of the molecule is Cc1ccc(OCC(=O)NC(=S)Nc2cc(C(C)(C)C)cc(Cl)c2O)cc1C. The average molecular weight is 421 g/mol. The number of hydrogen-bond donors (Lipinski definition) is 3. The number of phenolic OH excluding ortho intramolecular Hbond substituents is 1. The number of aromatic hydroxyl groups is 1. The molecule has 150 valence electrons. The van der Waals surface area contributed by atoms with Crippen LogP contribution in [0.25, 0.3) is 0 Å². The summed E-state index contributed by atoms with van der Waals surface area (Å²) in [5.74, 6) is 0.0744. The van der Waals surface area contributed by atoms with Crippen LogP contribution in [-0.2, 0) is 10.2 Å². The maximum Gasteiger partial charge on any atom is 0.264 e. The van der Waals surface area contributed by atoms with Crippen molar-refractivity contribution in [1.82, 2.24) is 5.32 Å². The number of rotatable bonds is 4. The van der Waals surface area contributed by atoms with Gasteiger partial charge in [0.05, 0.1) is 10.7 Å². The number of carbonyl (C=O) groups excluding carboxylic acids is 1. The summed E-state index contributed by atoms with van der Waals surface area (Å²) < 4.78 is 5.49. The molecule has 0 atom stereocenters. The fourth-order valence-corrected chi connectivity index (χ4v) is 2.84. The van der Waals surface area contributed by atoms with Crippen molar-refractivity contribution in [2.75, 3.05) is 11.9 Å². The van der Waals surface area contributed by atoms with E-state index in [1.165, 1.54) is 0 Å². The number of thiocarbonyl (C=S) groups is 1. The van der Waals surface area contributed by atoms with Crippen LogP contribution in [0.1, 0.15) is 37.5 Å². The molecular weight excluding hydrogens is 396 g/mol. The first-order valence-corrected chi connectivity index (χ1v) is 9.60. The van der Waals surface area contributed by atoms with E-state index in [0.29, 0.717) is 11.4 Å². The minimum Gasteiger partial charge on any atom is -0.504 e. The van der Waals surface area contributed by atoms with Crippen molar-refractivity contribution in [2.45, 2.75) is 40.0 Å². The first-order valence-electron chi connectivity index (χ1n) is 8.81. The zero-order chi connectivity index (χ0) is 21.1. The highest BCUT2D eigenvalue weighted by molar-refractivity contribution is 7.80. The number of phenols is 1. The second kappa shape index (κ2) is 8.80. The summed E-state index contributed by atoms with van der Waals surface area (Å²) in [6, 6.07) is 9.08. The molecule has 0 spiro atoms. The van der Waals surface area contributed by atoms with E-state index in [9.17, 15) is 9.90 Å². The Morgan fingerprint density at radius 3 is 2.46 bits per heavy atom. The van der Waals surface area contributed by atoms with Crippen molar-refractivity contribution in [2.24, 2.45) is 0 Å². The van der Waals surface area contributed by atoms with Gasteiger partial charge in [0.15, 0.2) is 17.5 Å². The van der Waals surface area contributed by atoms with Gasteiger partial charge in [0.2, 0.25) is 0 Å². The maximum atomic E-state index is 12.1. The largest absolute Gasteiger partial charge is 0.504 e. The van der Waals surface area contributed by atoms with Crippen LogP contribution in [0.3, 0.4) is 0 Å². The first-order chi connectivity index (χ1) is 13.0. The number of carbonyl (C=O) groups is 1. The summed E-state index contributed by atoms with van der Waals surface area (Å²) >= 11 is 11.3. The fourth-order valence-electron chi connectivity index (χ4n) is 2.40. The van der Waals surface area contributed by atoms with Crippen LogP contribution in [0.2, 0.25) is 5.02 Å². The Labute approximate surface area is 176 Å². The molecule has 0 aliphatic rings. The van der Waals surface area contributed by atoms with Gasteiger partial charge in [-0.05, 0) is 72.4 Å². The molecule has 0 saturated heterocycles. The zero-order valence-corrected chi connectivity index (χ0v) is 18.2. The van der Waals surface area contributed by atoms with Gasteiger partial charge in [-0.3, -0.25) is 10.1 Å². The van der Waals surface area contributed by atoms with E-state index < -0.39 is 5.91 Å². The summed E-state index contributed by atoms with van der Waals surface area (Å²) in [6.07, 6.45) is 0. The lowest BCUT2D eigenvalue weighted by Gasteiger charge is -2.21. The maximum absolute atomic E-state index is 12.1. The van der Waals surface area contributed by atoms with Crippen molar-refractivity contribution in [1.29, 1.82) is 0 Å². The normalized spacial score (nSPS) is 11.1. The summed E-state index contributed by atoms with van der Waals surface area (Å²) in [7, 11) is 0. The standard InChI is InChI=1S/C21H25ClN2O3S/c1-12-6-7-15(8-13(12)2)27-11-18(25)24-20(28)23-17-10-14(21(3,4)5)9-16(22)19(17)26/h6-10,26H,11H2,1-5H3,(H2,23,24,25,28). The molecule has 0 bridgehead atoms. The van der Waals surface area contributed by atoms with Gasteiger partial charge < -0.3 is 15.2 Å². The van der Waals surface area contributed by atoms with Crippen molar-refractivity contribution in [3.05, 3.63) is 52.0 Å². The Kier molecular flexibility index (Phi) is 6.91. The molecule has 28 heavy (non-hydrogen) atoms. The van der Waals surface area contributed by atoms with E-state index >= 15 is 0 Å². The summed E-state index contributed by atoms with van der Waals surface area (Å²) in [5, 5.41) is 15.8. The lowest BCUT2D eigenvalue weighted by atomic mass is 9.87. The van der Waals surface area contributed by atoms with Gasteiger partial charge in [0, 0.05) is 0 Å². The summed E-state index contributed by atoms with van der Waals surface area (Å²) in [5.41, 5.74) is 3.32. The van der Waals surface area contributed by atoms with Gasteiger partial charge in [0.25, 0.3) is 5.91 Å². The Hall–Kier alpha value is -2.31. The fraction of sp³-hybridized carbons (Fsp3) is 0.333. The molecule has 5 nitrogen and oxygen atoms in total. The van der Waals surface area contributed by atoms with Crippen LogP contribution < -0.4 is 15.4 Å². The highest BCUT2D eigenvalue weighted by Gasteiger charge is 2.19. The van der Waals surface area contributed by atoms with Gasteiger partial charge in [-0.2, -0.15) is 0 Å². The van der Waals surface area contributed by atoms with E-state index in [1.54, 1.807) is 12.1 Å². The molecule has 1 amide bonds. The van der Waals surface area contributed by atoms with Crippen LogP contribution in [0.5, 0.6) is 11.5 Å². The third-order valence-corrected chi connectivity index (χ3v) is 4.77. The number of amides is 1. The molecule has 3 N–H and O–H groups in total. The van der Waals surface area contributed by atoms with Crippen molar-refractivity contribution < 1.29 is 14.6 Å². The second-order valence-corrected chi connectivity index (χ2v) is 8.46. The van der Waals surface area contributed by atoms with E-state index in [2.05, 4.69) is 10.6 Å². The molecule has 0 aliphatic heterocycles. The molecule has 0 fully saturated rings. The monoisotopic (exact) mass is 420 g/mol. The molecule has 0 unspecified atom stereocenters. The number of anilines is 1. The van der Waals surface area contributed by atoms with Gasteiger partial charge in [0.1, 0.15) is 5.75 Å². The number of benzene rings is 2. The smallest absolute Gasteiger partial charge is 0.264 e.